The number of imide groups is 1. The van der Waals surface area contributed by atoms with E-state index < -0.39 is 35.5 Å². The summed E-state index contributed by atoms with van der Waals surface area (Å²) in [5.74, 6) is -1.83. The molecule has 0 unspecified atom stereocenters. The number of thiol groups is 1. The van der Waals surface area contributed by atoms with Crippen molar-refractivity contribution in [3.05, 3.63) is 11.0 Å². The van der Waals surface area contributed by atoms with Crippen molar-refractivity contribution < 1.29 is 28.7 Å². The molecule has 0 spiro atoms. The summed E-state index contributed by atoms with van der Waals surface area (Å²) in [5.41, 5.74) is -0.721. The summed E-state index contributed by atoms with van der Waals surface area (Å²) in [5, 5.41) is 2.37. The summed E-state index contributed by atoms with van der Waals surface area (Å²) in [6, 6.07) is -1.03. The number of hydrogen-bond donors (Lipinski definition) is 2. The molecule has 8 nitrogen and oxygen atoms in total. The van der Waals surface area contributed by atoms with Gasteiger partial charge in [-0.15, -0.1) is 11.8 Å². The van der Waals surface area contributed by atoms with Gasteiger partial charge in [-0.05, 0) is 20.8 Å². The van der Waals surface area contributed by atoms with Gasteiger partial charge in [-0.25, -0.2) is 13.9 Å². The van der Waals surface area contributed by atoms with Crippen LogP contribution in [-0.2, 0) is 23.9 Å². The molecular weight excluding hydrogens is 344 g/mol. The number of amides is 3. The third-order valence-corrected chi connectivity index (χ3v) is 3.93. The van der Waals surface area contributed by atoms with E-state index in [9.17, 15) is 19.2 Å². The van der Waals surface area contributed by atoms with Gasteiger partial charge < -0.3 is 14.8 Å². The van der Waals surface area contributed by atoms with Crippen molar-refractivity contribution in [1.29, 1.82) is 0 Å². The second-order valence-electron chi connectivity index (χ2n) is 5.50. The van der Waals surface area contributed by atoms with Crippen molar-refractivity contribution in [1.82, 2.24) is 9.62 Å². The molecule has 0 aromatic heterocycles. The smallest absolute Gasteiger partial charge is 0.408 e. The van der Waals surface area contributed by atoms with Gasteiger partial charge in [-0.2, -0.15) is 0 Å². The molecule has 0 aromatic carbocycles. The predicted octanol–water partition coefficient (Wildman–Crippen LogP) is 0.883. The van der Waals surface area contributed by atoms with Crippen molar-refractivity contribution in [2.75, 3.05) is 12.9 Å². The molecular formula is C13H18N2O6S2. The zero-order valence-corrected chi connectivity index (χ0v) is 14.8. The topological polar surface area (TPSA) is 102 Å². The number of hydrogen-bond acceptors (Lipinski definition) is 8. The maximum absolute atomic E-state index is 11.7. The average Bonchev–Trinajstić information content (AvgIpc) is 2.68. The number of alkyl carbamates (subject to hydrolysis) is 1. The molecule has 1 aliphatic rings. The van der Waals surface area contributed by atoms with Crippen molar-refractivity contribution in [2.24, 2.45) is 0 Å². The Morgan fingerprint density at radius 1 is 1.39 bits per heavy atom. The van der Waals surface area contributed by atoms with E-state index in [2.05, 4.69) is 22.9 Å². The SMILES string of the molecule is COC(=O)[C@H](CSC1=CC(=O)N(S)C1=O)NC(=O)OC(C)(C)C. The van der Waals surface area contributed by atoms with Crippen LogP contribution in [0.25, 0.3) is 0 Å². The third kappa shape index (κ3) is 5.79. The van der Waals surface area contributed by atoms with Crippen molar-refractivity contribution >= 4 is 48.5 Å². The van der Waals surface area contributed by atoms with Gasteiger partial charge in [-0.1, -0.05) is 12.8 Å². The summed E-state index contributed by atoms with van der Waals surface area (Å²) in [6.07, 6.45) is 0.328. The lowest BCUT2D eigenvalue weighted by Crippen LogP contribution is -2.45. The molecule has 0 saturated heterocycles. The number of methoxy groups -OCH3 is 1. The zero-order chi connectivity index (χ0) is 17.8. The number of esters is 1. The fourth-order valence-electron chi connectivity index (χ4n) is 1.48. The maximum atomic E-state index is 11.7. The molecule has 128 valence electrons. The zero-order valence-electron chi connectivity index (χ0n) is 13.1. The first-order valence-electron chi connectivity index (χ1n) is 6.54. The van der Waals surface area contributed by atoms with E-state index in [1.807, 2.05) is 0 Å². The summed E-state index contributed by atoms with van der Waals surface area (Å²) < 4.78 is 10.3. The highest BCUT2D eigenvalue weighted by atomic mass is 32.2. The van der Waals surface area contributed by atoms with Gasteiger partial charge in [0.05, 0.1) is 12.0 Å². The van der Waals surface area contributed by atoms with Crippen LogP contribution in [-0.4, -0.2) is 52.7 Å². The minimum atomic E-state index is -1.03. The summed E-state index contributed by atoms with van der Waals surface area (Å²) in [6.45, 7) is 5.05. The van der Waals surface area contributed by atoms with Gasteiger partial charge in [-0.3, -0.25) is 9.59 Å². The number of carbonyl (C=O) groups excluding carboxylic acids is 4. The second kappa shape index (κ2) is 7.73. The fourth-order valence-corrected chi connectivity index (χ4v) is 2.67. The Kier molecular flexibility index (Phi) is 6.51. The predicted molar refractivity (Wildman–Crippen MR) is 86.6 cm³/mol. The van der Waals surface area contributed by atoms with E-state index in [0.717, 1.165) is 17.8 Å². The minimum absolute atomic E-state index is 0.00160. The van der Waals surface area contributed by atoms with Crippen molar-refractivity contribution in [3.8, 4) is 0 Å². The van der Waals surface area contributed by atoms with E-state index in [-0.39, 0.29) is 10.7 Å². The molecule has 1 aliphatic heterocycles. The van der Waals surface area contributed by atoms with Gasteiger partial charge in [0, 0.05) is 11.8 Å². The van der Waals surface area contributed by atoms with Gasteiger partial charge in [0.2, 0.25) is 0 Å². The van der Waals surface area contributed by atoms with Crippen LogP contribution in [0.2, 0.25) is 0 Å². The summed E-state index contributed by atoms with van der Waals surface area (Å²) in [4.78, 5) is 46.6. The quantitative estimate of drug-likeness (QED) is 0.425. The van der Waals surface area contributed by atoms with E-state index in [0.29, 0.717) is 4.31 Å². The Bertz CT molecular complexity index is 555. The van der Waals surface area contributed by atoms with Crippen molar-refractivity contribution in [3.63, 3.8) is 0 Å². The normalized spacial score (nSPS) is 16.0. The lowest BCUT2D eigenvalue weighted by Gasteiger charge is -2.22. The number of nitrogens with zero attached hydrogens (tertiary/aromatic N) is 1. The Morgan fingerprint density at radius 2 is 2.00 bits per heavy atom. The average molecular weight is 362 g/mol. The van der Waals surface area contributed by atoms with Gasteiger partial charge in [0.1, 0.15) is 11.6 Å². The molecule has 1 rings (SSSR count). The lowest BCUT2D eigenvalue weighted by molar-refractivity contribution is -0.142. The summed E-state index contributed by atoms with van der Waals surface area (Å²) >= 11 is 4.68. The standard InChI is InChI=1S/C13H18N2O6S2/c1-13(2,3)21-12(19)14-7(11(18)20-4)6-23-8-5-9(16)15(22)10(8)17/h5,7,22H,6H2,1-4H3,(H,14,19)/t7-/m0/s1. The largest absolute Gasteiger partial charge is 0.467 e. The molecule has 0 bridgehead atoms. The molecule has 0 radical (unpaired) electrons. The van der Waals surface area contributed by atoms with Gasteiger partial charge in [0.15, 0.2) is 0 Å². The number of ether oxygens (including phenoxy) is 2. The molecule has 1 atom stereocenters. The molecule has 0 aliphatic carbocycles. The lowest BCUT2D eigenvalue weighted by atomic mass is 10.2. The molecule has 23 heavy (non-hydrogen) atoms. The van der Waals surface area contributed by atoms with E-state index in [1.165, 1.54) is 7.11 Å². The highest BCUT2D eigenvalue weighted by Crippen LogP contribution is 2.26. The van der Waals surface area contributed by atoms with Crippen LogP contribution in [0.3, 0.4) is 0 Å². The van der Waals surface area contributed by atoms with Crippen LogP contribution in [0, 0.1) is 0 Å². The van der Waals surface area contributed by atoms with Crippen LogP contribution in [0.5, 0.6) is 0 Å². The number of thioether (sulfide) groups is 1. The molecule has 10 heteroatoms. The Labute approximate surface area is 143 Å². The fraction of sp³-hybridized carbons (Fsp3) is 0.538. The van der Waals surface area contributed by atoms with Gasteiger partial charge >= 0.3 is 12.1 Å². The highest BCUT2D eigenvalue weighted by molar-refractivity contribution is 8.04. The van der Waals surface area contributed by atoms with E-state index in [1.54, 1.807) is 20.8 Å². The molecule has 1 heterocycles. The number of rotatable bonds is 5. The Hall–Kier alpha value is -1.68. The minimum Gasteiger partial charge on any atom is -0.467 e. The molecule has 0 saturated carbocycles. The van der Waals surface area contributed by atoms with E-state index in [4.69, 9.17) is 4.74 Å². The van der Waals surface area contributed by atoms with Crippen LogP contribution < -0.4 is 5.32 Å². The first kappa shape index (κ1) is 19.4. The van der Waals surface area contributed by atoms with Crippen molar-refractivity contribution in [2.45, 2.75) is 32.4 Å². The molecule has 3 amide bonds. The Morgan fingerprint density at radius 3 is 2.43 bits per heavy atom. The first-order chi connectivity index (χ1) is 10.5. The Balaban J connectivity index is 2.68. The first-order valence-corrected chi connectivity index (χ1v) is 7.93. The van der Waals surface area contributed by atoms with Crippen LogP contribution in [0.15, 0.2) is 11.0 Å². The monoisotopic (exact) mass is 362 g/mol. The summed E-state index contributed by atoms with van der Waals surface area (Å²) in [7, 11) is 1.18. The third-order valence-electron chi connectivity index (χ3n) is 2.45. The van der Waals surface area contributed by atoms with E-state index >= 15 is 0 Å². The van der Waals surface area contributed by atoms with Gasteiger partial charge in [0.25, 0.3) is 11.8 Å². The number of carbonyl (C=O) groups is 4. The molecule has 0 aromatic rings. The van der Waals surface area contributed by atoms with Crippen LogP contribution >= 0.6 is 24.6 Å². The maximum Gasteiger partial charge on any atom is 0.408 e. The van der Waals surface area contributed by atoms with Crippen LogP contribution in [0.1, 0.15) is 20.8 Å². The second-order valence-corrected chi connectivity index (χ2v) is 6.96. The molecule has 0 fully saturated rings. The molecule has 1 N–H and O–H groups in total. The highest BCUT2D eigenvalue weighted by Gasteiger charge is 2.31. The van der Waals surface area contributed by atoms with Crippen LogP contribution in [0.4, 0.5) is 4.79 Å². The number of nitrogens with one attached hydrogen (secondary N) is 1.